The Morgan fingerprint density at radius 1 is 1.19 bits per heavy atom. The normalized spacial score (nSPS) is 20.4. The van der Waals surface area contributed by atoms with Gasteiger partial charge in [-0.2, -0.15) is 0 Å². The monoisotopic (exact) mass is 378 g/mol. The van der Waals surface area contributed by atoms with E-state index in [-0.39, 0.29) is 23.6 Å². The van der Waals surface area contributed by atoms with Crippen LogP contribution in [0.2, 0.25) is 0 Å². The first-order valence-corrected chi connectivity index (χ1v) is 11.4. The molecule has 1 amide bonds. The molecule has 0 bridgehead atoms. The van der Waals surface area contributed by atoms with Crippen LogP contribution in [0.1, 0.15) is 62.3 Å². The molecule has 1 aliphatic carbocycles. The molecule has 2 aliphatic rings. The van der Waals surface area contributed by atoms with Gasteiger partial charge in [-0.05, 0) is 69.1 Å². The van der Waals surface area contributed by atoms with Gasteiger partial charge in [0.05, 0.1) is 11.8 Å². The summed E-state index contributed by atoms with van der Waals surface area (Å²) in [7, 11) is -3.14. The average molecular weight is 379 g/mol. The van der Waals surface area contributed by atoms with Crippen molar-refractivity contribution in [2.75, 3.05) is 18.8 Å². The third-order valence-electron chi connectivity index (χ3n) is 5.81. The maximum atomic E-state index is 12.6. The topological polar surface area (TPSA) is 66.5 Å². The lowest BCUT2D eigenvalue weighted by atomic mass is 9.89. The van der Waals surface area contributed by atoms with E-state index < -0.39 is 10.0 Å². The lowest BCUT2D eigenvalue weighted by Gasteiger charge is -2.31. The molecule has 1 N–H and O–H groups in total. The minimum atomic E-state index is -3.14. The Hall–Kier alpha value is -1.40. The van der Waals surface area contributed by atoms with Gasteiger partial charge >= 0.3 is 0 Å². The largest absolute Gasteiger partial charge is 0.349 e. The summed E-state index contributed by atoms with van der Waals surface area (Å²) in [5.41, 5.74) is 4.03. The number of rotatable bonds is 5. The van der Waals surface area contributed by atoms with Crippen molar-refractivity contribution in [2.24, 2.45) is 5.92 Å². The number of amides is 1. The van der Waals surface area contributed by atoms with Gasteiger partial charge in [-0.1, -0.05) is 18.2 Å². The summed E-state index contributed by atoms with van der Waals surface area (Å²) in [6, 6.07) is 6.56. The number of hydrogen-bond donors (Lipinski definition) is 1. The van der Waals surface area contributed by atoms with E-state index in [2.05, 4.69) is 23.5 Å². The summed E-state index contributed by atoms with van der Waals surface area (Å²) < 4.78 is 25.4. The fourth-order valence-corrected chi connectivity index (χ4v) is 5.15. The van der Waals surface area contributed by atoms with Crippen molar-refractivity contribution in [3.05, 3.63) is 34.9 Å². The minimum absolute atomic E-state index is 0.0212. The van der Waals surface area contributed by atoms with Gasteiger partial charge < -0.3 is 5.32 Å². The Morgan fingerprint density at radius 2 is 1.85 bits per heavy atom. The number of carbonyl (C=O) groups excluding carboxylic acids is 1. The Balaban J connectivity index is 1.57. The Morgan fingerprint density at radius 3 is 2.50 bits per heavy atom. The molecule has 1 aliphatic heterocycles. The number of sulfonamides is 1. The van der Waals surface area contributed by atoms with E-state index in [1.165, 1.54) is 28.3 Å². The lowest BCUT2D eigenvalue weighted by molar-refractivity contribution is -0.126. The maximum absolute atomic E-state index is 12.6. The van der Waals surface area contributed by atoms with Crippen molar-refractivity contribution in [2.45, 2.75) is 58.4 Å². The van der Waals surface area contributed by atoms with E-state index in [1.54, 1.807) is 6.92 Å². The molecule has 1 aromatic rings. The van der Waals surface area contributed by atoms with Crippen molar-refractivity contribution in [1.29, 1.82) is 0 Å². The number of aryl methyl sites for hydroxylation is 2. The zero-order valence-electron chi connectivity index (χ0n) is 15.8. The highest BCUT2D eigenvalue weighted by Gasteiger charge is 2.30. The predicted octanol–water partition coefficient (Wildman–Crippen LogP) is 2.80. The first kappa shape index (κ1) is 19.4. The quantitative estimate of drug-likeness (QED) is 0.857. The lowest BCUT2D eigenvalue weighted by Crippen LogP contribution is -2.43. The van der Waals surface area contributed by atoms with Crippen LogP contribution in [0.5, 0.6) is 0 Å². The Kier molecular flexibility index (Phi) is 6.03. The summed E-state index contributed by atoms with van der Waals surface area (Å²) in [5, 5.41) is 3.13. The molecular weight excluding hydrogens is 348 g/mol. The number of nitrogens with zero attached hydrogens (tertiary/aromatic N) is 1. The van der Waals surface area contributed by atoms with Crippen LogP contribution in [0.25, 0.3) is 0 Å². The molecule has 6 heteroatoms. The van der Waals surface area contributed by atoms with E-state index in [0.717, 1.165) is 18.4 Å². The van der Waals surface area contributed by atoms with Gasteiger partial charge in [-0.25, -0.2) is 12.7 Å². The van der Waals surface area contributed by atoms with Gasteiger partial charge in [0.2, 0.25) is 15.9 Å². The summed E-state index contributed by atoms with van der Waals surface area (Å²) >= 11 is 0. The van der Waals surface area contributed by atoms with Crippen LogP contribution in [0, 0.1) is 5.92 Å². The van der Waals surface area contributed by atoms with Crippen LogP contribution in [0.15, 0.2) is 18.2 Å². The number of piperidine rings is 1. The summed E-state index contributed by atoms with van der Waals surface area (Å²) in [5.74, 6) is 0.0707. The summed E-state index contributed by atoms with van der Waals surface area (Å²) in [4.78, 5) is 12.6. The molecule has 0 spiro atoms. The number of carbonyl (C=O) groups is 1. The van der Waals surface area contributed by atoms with Crippen LogP contribution in [0.4, 0.5) is 0 Å². The summed E-state index contributed by atoms with van der Waals surface area (Å²) in [6.07, 6.45) is 6.01. The van der Waals surface area contributed by atoms with Crippen LogP contribution >= 0.6 is 0 Å². The maximum Gasteiger partial charge on any atom is 0.223 e. The number of fused-ring (bicyclic) bond motifs is 1. The van der Waals surface area contributed by atoms with E-state index >= 15 is 0 Å². The third kappa shape index (κ3) is 4.29. The van der Waals surface area contributed by atoms with Crippen LogP contribution in [-0.2, 0) is 27.7 Å². The zero-order chi connectivity index (χ0) is 18.7. The van der Waals surface area contributed by atoms with Crippen molar-refractivity contribution in [3.63, 3.8) is 0 Å². The fourth-order valence-electron chi connectivity index (χ4n) is 4.02. The van der Waals surface area contributed by atoms with Crippen LogP contribution < -0.4 is 5.32 Å². The molecular formula is C20H30N2O3S. The predicted molar refractivity (Wildman–Crippen MR) is 103 cm³/mol. The van der Waals surface area contributed by atoms with Crippen LogP contribution in [0.3, 0.4) is 0 Å². The van der Waals surface area contributed by atoms with E-state index in [1.807, 2.05) is 6.92 Å². The molecule has 144 valence electrons. The molecule has 1 saturated heterocycles. The average Bonchev–Trinajstić information content (AvgIpc) is 2.67. The standard InChI is InChI=1S/C20H30N2O3S/c1-3-26(24,25)22-12-10-17(11-13-22)20(23)21-15(2)18-9-8-16-6-4-5-7-19(16)14-18/h8-9,14-15,17H,3-7,10-13H2,1-2H3,(H,21,23)/t15-/m1/s1. The Bertz CT molecular complexity index is 752. The summed E-state index contributed by atoms with van der Waals surface area (Å²) in [6.45, 7) is 4.58. The molecule has 0 unspecified atom stereocenters. The molecule has 0 aromatic heterocycles. The molecule has 26 heavy (non-hydrogen) atoms. The smallest absolute Gasteiger partial charge is 0.223 e. The number of hydrogen-bond acceptors (Lipinski definition) is 3. The molecule has 1 aromatic carbocycles. The van der Waals surface area contributed by atoms with Crippen molar-refractivity contribution >= 4 is 15.9 Å². The molecule has 0 radical (unpaired) electrons. The molecule has 5 nitrogen and oxygen atoms in total. The molecule has 1 atom stereocenters. The molecule has 1 heterocycles. The second kappa shape index (κ2) is 8.09. The van der Waals surface area contributed by atoms with E-state index in [4.69, 9.17) is 0 Å². The SMILES string of the molecule is CCS(=O)(=O)N1CCC(C(=O)N[C@H](C)c2ccc3c(c2)CCCC3)CC1. The van der Waals surface area contributed by atoms with Gasteiger partial charge in [0.1, 0.15) is 0 Å². The van der Waals surface area contributed by atoms with Crippen molar-refractivity contribution in [3.8, 4) is 0 Å². The number of benzene rings is 1. The first-order chi connectivity index (χ1) is 12.4. The molecule has 3 rings (SSSR count). The second-order valence-corrected chi connectivity index (χ2v) is 9.80. The second-order valence-electron chi connectivity index (χ2n) is 7.54. The third-order valence-corrected chi connectivity index (χ3v) is 7.70. The molecule has 1 fully saturated rings. The minimum Gasteiger partial charge on any atom is -0.349 e. The highest BCUT2D eigenvalue weighted by molar-refractivity contribution is 7.89. The van der Waals surface area contributed by atoms with Crippen molar-refractivity contribution in [1.82, 2.24) is 9.62 Å². The highest BCUT2D eigenvalue weighted by Crippen LogP contribution is 2.26. The van der Waals surface area contributed by atoms with Gasteiger partial charge in [0, 0.05) is 19.0 Å². The molecule has 0 saturated carbocycles. The van der Waals surface area contributed by atoms with E-state index in [9.17, 15) is 13.2 Å². The van der Waals surface area contributed by atoms with Crippen molar-refractivity contribution < 1.29 is 13.2 Å². The fraction of sp³-hybridized carbons (Fsp3) is 0.650. The highest BCUT2D eigenvalue weighted by atomic mass is 32.2. The van der Waals surface area contributed by atoms with Gasteiger partial charge in [0.15, 0.2) is 0 Å². The zero-order valence-corrected chi connectivity index (χ0v) is 16.6. The van der Waals surface area contributed by atoms with E-state index in [0.29, 0.717) is 25.9 Å². The van der Waals surface area contributed by atoms with Gasteiger partial charge in [-0.3, -0.25) is 4.79 Å². The van der Waals surface area contributed by atoms with Gasteiger partial charge in [-0.15, -0.1) is 0 Å². The number of nitrogens with one attached hydrogen (secondary N) is 1. The first-order valence-electron chi connectivity index (χ1n) is 9.80. The van der Waals surface area contributed by atoms with Crippen LogP contribution in [-0.4, -0.2) is 37.5 Å². The van der Waals surface area contributed by atoms with Gasteiger partial charge in [0.25, 0.3) is 0 Å². The Labute approximate surface area is 157 Å².